The minimum atomic E-state index is -1.60. The summed E-state index contributed by atoms with van der Waals surface area (Å²) in [4.78, 5) is 10.5. The molecular formula is C5H9BO4. The fourth-order valence-electron chi connectivity index (χ4n) is 0.453. The SMILES string of the molecule is COC(=O)/C(C)=C/B(O)O. The van der Waals surface area contributed by atoms with Gasteiger partial charge < -0.3 is 14.8 Å². The van der Waals surface area contributed by atoms with Gasteiger partial charge in [-0.2, -0.15) is 0 Å². The van der Waals surface area contributed by atoms with Gasteiger partial charge >= 0.3 is 13.1 Å². The van der Waals surface area contributed by atoms with Crippen molar-refractivity contribution in [3.8, 4) is 0 Å². The highest BCUT2D eigenvalue weighted by molar-refractivity contribution is 6.48. The molecule has 0 unspecified atom stereocenters. The summed E-state index contributed by atoms with van der Waals surface area (Å²) in [5.41, 5.74) is 0.178. The molecule has 0 aromatic carbocycles. The first-order valence-corrected chi connectivity index (χ1v) is 2.70. The number of hydrogen-bond acceptors (Lipinski definition) is 4. The van der Waals surface area contributed by atoms with Crippen LogP contribution in [0.25, 0.3) is 0 Å². The maximum absolute atomic E-state index is 10.5. The topological polar surface area (TPSA) is 66.8 Å². The second-order valence-corrected chi connectivity index (χ2v) is 1.75. The zero-order valence-corrected chi connectivity index (χ0v) is 5.87. The first kappa shape index (κ1) is 9.19. The highest BCUT2D eigenvalue weighted by Gasteiger charge is 2.07. The summed E-state index contributed by atoms with van der Waals surface area (Å²) in [6.07, 6.45) is 0. The zero-order chi connectivity index (χ0) is 8.15. The van der Waals surface area contributed by atoms with Crippen LogP contribution in [0.3, 0.4) is 0 Å². The molecule has 5 heteroatoms. The molecule has 0 saturated heterocycles. The summed E-state index contributed by atoms with van der Waals surface area (Å²) in [6.45, 7) is 1.44. The van der Waals surface area contributed by atoms with E-state index in [2.05, 4.69) is 4.74 Å². The average molecular weight is 144 g/mol. The van der Waals surface area contributed by atoms with Crippen LogP contribution < -0.4 is 0 Å². The molecule has 2 N–H and O–H groups in total. The molecule has 0 amide bonds. The number of carbonyl (C=O) groups is 1. The molecule has 0 bridgehead atoms. The molecule has 10 heavy (non-hydrogen) atoms. The van der Waals surface area contributed by atoms with Gasteiger partial charge in [0, 0.05) is 5.57 Å². The van der Waals surface area contributed by atoms with Gasteiger partial charge in [0.2, 0.25) is 0 Å². The van der Waals surface area contributed by atoms with Gasteiger partial charge in [-0.25, -0.2) is 4.79 Å². The number of hydrogen-bond donors (Lipinski definition) is 2. The molecule has 0 heterocycles. The van der Waals surface area contributed by atoms with Gasteiger partial charge in [0.15, 0.2) is 0 Å². The van der Waals surface area contributed by atoms with Crippen LogP contribution in [0.1, 0.15) is 6.92 Å². The summed E-state index contributed by atoms with van der Waals surface area (Å²) in [5, 5.41) is 16.7. The molecule has 0 rings (SSSR count). The summed E-state index contributed by atoms with van der Waals surface area (Å²) in [7, 11) is -0.372. The molecule has 0 spiro atoms. The van der Waals surface area contributed by atoms with Crippen molar-refractivity contribution in [3.63, 3.8) is 0 Å². The fraction of sp³-hybridized carbons (Fsp3) is 0.400. The van der Waals surface area contributed by atoms with Gasteiger partial charge in [-0.1, -0.05) is 0 Å². The smallest absolute Gasteiger partial charge is 0.466 e. The third kappa shape index (κ3) is 3.27. The molecule has 0 aliphatic carbocycles. The van der Waals surface area contributed by atoms with Crippen LogP contribution in [-0.2, 0) is 9.53 Å². The molecular weight excluding hydrogens is 135 g/mol. The second-order valence-electron chi connectivity index (χ2n) is 1.75. The minimum absolute atomic E-state index is 0.178. The molecule has 0 aliphatic rings. The van der Waals surface area contributed by atoms with E-state index in [4.69, 9.17) is 10.0 Å². The number of carbonyl (C=O) groups excluding carboxylic acids is 1. The van der Waals surface area contributed by atoms with E-state index in [1.54, 1.807) is 0 Å². The van der Waals surface area contributed by atoms with E-state index in [9.17, 15) is 4.79 Å². The highest BCUT2D eigenvalue weighted by Crippen LogP contribution is 1.94. The normalized spacial score (nSPS) is 11.0. The number of ether oxygens (including phenoxy) is 1. The standard InChI is InChI=1S/C5H9BO4/c1-4(3-6(8)9)5(7)10-2/h3,8-9H,1-2H3/b4-3+. The lowest BCUT2D eigenvalue weighted by atomic mass is 9.89. The van der Waals surface area contributed by atoms with E-state index in [0.29, 0.717) is 0 Å². The fourth-order valence-corrected chi connectivity index (χ4v) is 0.453. The van der Waals surface area contributed by atoms with E-state index in [0.717, 1.165) is 5.98 Å². The van der Waals surface area contributed by atoms with Crippen molar-refractivity contribution < 1.29 is 19.6 Å². The van der Waals surface area contributed by atoms with Crippen molar-refractivity contribution in [2.45, 2.75) is 6.92 Å². The highest BCUT2D eigenvalue weighted by atomic mass is 16.5. The van der Waals surface area contributed by atoms with Gasteiger partial charge in [0.1, 0.15) is 0 Å². The summed E-state index contributed by atoms with van der Waals surface area (Å²) in [6, 6.07) is 0. The van der Waals surface area contributed by atoms with Crippen molar-refractivity contribution in [1.29, 1.82) is 0 Å². The zero-order valence-electron chi connectivity index (χ0n) is 5.87. The van der Waals surface area contributed by atoms with Crippen molar-refractivity contribution in [2.24, 2.45) is 0 Å². The summed E-state index contributed by atoms with van der Waals surface area (Å²) in [5.74, 6) is 0.430. The summed E-state index contributed by atoms with van der Waals surface area (Å²) >= 11 is 0. The van der Waals surface area contributed by atoms with Gasteiger partial charge in [-0.3, -0.25) is 0 Å². The maximum atomic E-state index is 10.5. The molecule has 0 fully saturated rings. The molecule has 0 saturated carbocycles. The lowest BCUT2D eigenvalue weighted by molar-refractivity contribution is -0.136. The Labute approximate surface area is 59.3 Å². The Bertz CT molecular complexity index is 152. The molecule has 56 valence electrons. The maximum Gasteiger partial charge on any atom is 0.481 e. The first-order valence-electron chi connectivity index (χ1n) is 2.70. The van der Waals surface area contributed by atoms with Gasteiger partial charge in [-0.15, -0.1) is 0 Å². The molecule has 0 atom stereocenters. The van der Waals surface area contributed by atoms with Crippen LogP contribution in [0.5, 0.6) is 0 Å². The van der Waals surface area contributed by atoms with E-state index < -0.39 is 13.1 Å². The Morgan fingerprint density at radius 3 is 2.40 bits per heavy atom. The minimum Gasteiger partial charge on any atom is -0.466 e. The number of rotatable bonds is 2. The van der Waals surface area contributed by atoms with Crippen molar-refractivity contribution in [1.82, 2.24) is 0 Å². The van der Waals surface area contributed by atoms with Crippen molar-refractivity contribution >= 4 is 13.1 Å². The van der Waals surface area contributed by atoms with Crippen LogP contribution >= 0.6 is 0 Å². The lowest BCUT2D eigenvalue weighted by Crippen LogP contribution is -2.11. The van der Waals surface area contributed by atoms with Crippen LogP contribution in [0.4, 0.5) is 0 Å². The molecule has 0 aromatic heterocycles. The van der Waals surface area contributed by atoms with E-state index in [-0.39, 0.29) is 5.57 Å². The van der Waals surface area contributed by atoms with Gasteiger partial charge in [-0.05, 0) is 12.9 Å². The van der Waals surface area contributed by atoms with E-state index in [1.165, 1.54) is 14.0 Å². The Morgan fingerprint density at radius 1 is 1.60 bits per heavy atom. The first-order chi connectivity index (χ1) is 4.57. The number of esters is 1. The third-order valence-corrected chi connectivity index (χ3v) is 0.906. The summed E-state index contributed by atoms with van der Waals surface area (Å²) < 4.78 is 4.28. The largest absolute Gasteiger partial charge is 0.481 e. The Balaban J connectivity index is 4.05. The molecule has 0 aromatic rings. The average Bonchev–Trinajstić information content (AvgIpc) is 1.85. The molecule has 0 aliphatic heterocycles. The Kier molecular flexibility index (Phi) is 3.75. The number of methoxy groups -OCH3 is 1. The Morgan fingerprint density at radius 2 is 2.10 bits per heavy atom. The quantitative estimate of drug-likeness (QED) is 0.300. The van der Waals surface area contributed by atoms with Gasteiger partial charge in [0.25, 0.3) is 0 Å². The predicted molar refractivity (Wildman–Crippen MR) is 36.0 cm³/mol. The van der Waals surface area contributed by atoms with E-state index in [1.807, 2.05) is 0 Å². The van der Waals surface area contributed by atoms with Crippen LogP contribution in [-0.4, -0.2) is 30.2 Å². The molecule has 4 nitrogen and oxygen atoms in total. The third-order valence-electron chi connectivity index (χ3n) is 0.906. The lowest BCUT2D eigenvalue weighted by Gasteiger charge is -1.96. The van der Waals surface area contributed by atoms with Crippen molar-refractivity contribution in [2.75, 3.05) is 7.11 Å². The predicted octanol–water partition coefficient (Wildman–Crippen LogP) is -0.882. The van der Waals surface area contributed by atoms with E-state index >= 15 is 0 Å². The Hall–Kier alpha value is -0.805. The van der Waals surface area contributed by atoms with Gasteiger partial charge in [0.05, 0.1) is 7.11 Å². The molecule has 0 radical (unpaired) electrons. The van der Waals surface area contributed by atoms with Crippen LogP contribution in [0.15, 0.2) is 11.5 Å². The van der Waals surface area contributed by atoms with Crippen molar-refractivity contribution in [3.05, 3.63) is 11.5 Å². The van der Waals surface area contributed by atoms with Crippen LogP contribution in [0, 0.1) is 0 Å². The second kappa shape index (κ2) is 4.08. The monoisotopic (exact) mass is 144 g/mol. The van der Waals surface area contributed by atoms with Crippen LogP contribution in [0.2, 0.25) is 0 Å².